The molecule has 4 nitrogen and oxygen atoms in total. The second kappa shape index (κ2) is 6.84. The van der Waals surface area contributed by atoms with Gasteiger partial charge in [0.1, 0.15) is 17.2 Å². The summed E-state index contributed by atoms with van der Waals surface area (Å²) >= 11 is 0. The second-order valence-corrected chi connectivity index (χ2v) is 5.84. The monoisotopic (exact) mass is 342 g/mol. The van der Waals surface area contributed by atoms with Gasteiger partial charge in [-0.05, 0) is 30.3 Å². The van der Waals surface area contributed by atoms with E-state index < -0.39 is 0 Å². The summed E-state index contributed by atoms with van der Waals surface area (Å²) in [5, 5.41) is 0. The van der Waals surface area contributed by atoms with Crippen LogP contribution in [0.15, 0.2) is 72.8 Å². The molecule has 4 aromatic rings. The molecular formula is C22H18N2O2. The average molecular weight is 342 g/mol. The van der Waals surface area contributed by atoms with Gasteiger partial charge in [0.25, 0.3) is 0 Å². The van der Waals surface area contributed by atoms with Crippen LogP contribution in [0.3, 0.4) is 0 Å². The first-order valence-corrected chi connectivity index (χ1v) is 8.35. The zero-order valence-electron chi connectivity index (χ0n) is 14.6. The van der Waals surface area contributed by atoms with Gasteiger partial charge < -0.3 is 9.47 Å². The molecule has 0 aliphatic carbocycles. The number of rotatable bonds is 4. The molecule has 0 saturated heterocycles. The highest BCUT2D eigenvalue weighted by Gasteiger charge is 2.17. The Bertz CT molecular complexity index is 1060. The van der Waals surface area contributed by atoms with Gasteiger partial charge >= 0.3 is 0 Å². The quantitative estimate of drug-likeness (QED) is 0.524. The number of hydrogen-bond donors (Lipinski definition) is 0. The molecular weight excluding hydrogens is 324 g/mol. The van der Waals surface area contributed by atoms with Gasteiger partial charge in [0.2, 0.25) is 0 Å². The summed E-state index contributed by atoms with van der Waals surface area (Å²) < 4.78 is 11.0. The topological polar surface area (TPSA) is 44.2 Å². The lowest BCUT2D eigenvalue weighted by Crippen LogP contribution is -1.98. The maximum Gasteiger partial charge on any atom is 0.128 e. The summed E-state index contributed by atoms with van der Waals surface area (Å²) in [6.45, 7) is 0. The standard InChI is InChI=1S/C22H18N2O2/c1-25-16-12-13-20(26-2)17(14-16)22-21(15-8-4-3-5-9-15)23-18-10-6-7-11-19(18)24-22/h3-14H,1-2H3. The Morgan fingerprint density at radius 1 is 0.654 bits per heavy atom. The molecule has 26 heavy (non-hydrogen) atoms. The van der Waals surface area contributed by atoms with Gasteiger partial charge in [-0.1, -0.05) is 42.5 Å². The molecule has 0 fully saturated rings. The fourth-order valence-electron chi connectivity index (χ4n) is 2.98. The molecule has 4 heteroatoms. The van der Waals surface area contributed by atoms with Crippen LogP contribution in [0.2, 0.25) is 0 Å². The highest BCUT2D eigenvalue weighted by molar-refractivity contribution is 5.88. The van der Waals surface area contributed by atoms with Crippen molar-refractivity contribution < 1.29 is 9.47 Å². The predicted octanol–water partition coefficient (Wildman–Crippen LogP) is 4.98. The Balaban J connectivity index is 2.05. The van der Waals surface area contributed by atoms with E-state index in [1.54, 1.807) is 14.2 Å². The van der Waals surface area contributed by atoms with Crippen molar-refractivity contribution in [3.8, 4) is 34.0 Å². The lowest BCUT2D eigenvalue weighted by atomic mass is 10.0. The minimum atomic E-state index is 0.729. The van der Waals surface area contributed by atoms with Gasteiger partial charge in [0, 0.05) is 11.1 Å². The molecule has 0 aliphatic rings. The van der Waals surface area contributed by atoms with Gasteiger partial charge in [-0.25, -0.2) is 9.97 Å². The smallest absolute Gasteiger partial charge is 0.128 e. The third kappa shape index (κ3) is 2.86. The van der Waals surface area contributed by atoms with Crippen molar-refractivity contribution in [3.63, 3.8) is 0 Å². The van der Waals surface area contributed by atoms with Crippen molar-refractivity contribution in [2.75, 3.05) is 14.2 Å². The Kier molecular flexibility index (Phi) is 4.23. The Morgan fingerprint density at radius 2 is 1.31 bits per heavy atom. The maximum atomic E-state index is 5.58. The minimum absolute atomic E-state index is 0.729. The van der Waals surface area contributed by atoms with E-state index in [-0.39, 0.29) is 0 Å². The zero-order chi connectivity index (χ0) is 17.9. The van der Waals surface area contributed by atoms with E-state index in [0.717, 1.165) is 45.0 Å². The molecule has 0 N–H and O–H groups in total. The first-order valence-electron chi connectivity index (χ1n) is 8.35. The summed E-state index contributed by atoms with van der Waals surface area (Å²) in [6, 6.07) is 23.6. The van der Waals surface area contributed by atoms with Crippen LogP contribution in [0.1, 0.15) is 0 Å². The summed E-state index contributed by atoms with van der Waals surface area (Å²) in [4.78, 5) is 9.80. The SMILES string of the molecule is COc1ccc(OC)c(-c2nc3ccccc3nc2-c2ccccc2)c1. The van der Waals surface area contributed by atoms with E-state index in [1.807, 2.05) is 72.8 Å². The normalized spacial score (nSPS) is 10.7. The van der Waals surface area contributed by atoms with Gasteiger partial charge in [0.15, 0.2) is 0 Å². The van der Waals surface area contributed by atoms with E-state index in [1.165, 1.54) is 0 Å². The molecule has 0 atom stereocenters. The average Bonchev–Trinajstić information content (AvgIpc) is 2.73. The van der Waals surface area contributed by atoms with Gasteiger partial charge in [-0.3, -0.25) is 0 Å². The fraction of sp³-hybridized carbons (Fsp3) is 0.0909. The van der Waals surface area contributed by atoms with Crippen LogP contribution in [0.25, 0.3) is 33.5 Å². The number of nitrogens with zero attached hydrogens (tertiary/aromatic N) is 2. The number of benzene rings is 3. The van der Waals surface area contributed by atoms with Crippen LogP contribution in [0.5, 0.6) is 11.5 Å². The van der Waals surface area contributed by atoms with Gasteiger partial charge in [0.05, 0.1) is 30.9 Å². The molecule has 1 aromatic heterocycles. The summed E-state index contributed by atoms with van der Waals surface area (Å²) in [7, 11) is 3.30. The number of para-hydroxylation sites is 2. The number of ether oxygens (including phenoxy) is 2. The summed E-state index contributed by atoms with van der Waals surface area (Å²) in [5.74, 6) is 1.47. The van der Waals surface area contributed by atoms with Crippen LogP contribution in [-0.4, -0.2) is 24.2 Å². The summed E-state index contributed by atoms with van der Waals surface area (Å²) in [5.41, 5.74) is 5.14. The molecule has 3 aromatic carbocycles. The van der Waals surface area contributed by atoms with Crippen LogP contribution >= 0.6 is 0 Å². The molecule has 0 saturated carbocycles. The van der Waals surface area contributed by atoms with E-state index in [0.29, 0.717) is 0 Å². The van der Waals surface area contributed by atoms with Crippen LogP contribution in [0, 0.1) is 0 Å². The van der Waals surface area contributed by atoms with Crippen LogP contribution in [-0.2, 0) is 0 Å². The fourth-order valence-corrected chi connectivity index (χ4v) is 2.98. The second-order valence-electron chi connectivity index (χ2n) is 5.84. The van der Waals surface area contributed by atoms with Crippen LogP contribution < -0.4 is 9.47 Å². The van der Waals surface area contributed by atoms with Crippen molar-refractivity contribution in [2.45, 2.75) is 0 Å². The predicted molar refractivity (Wildman–Crippen MR) is 104 cm³/mol. The minimum Gasteiger partial charge on any atom is -0.497 e. The molecule has 0 spiro atoms. The third-order valence-corrected chi connectivity index (χ3v) is 4.28. The highest BCUT2D eigenvalue weighted by atomic mass is 16.5. The van der Waals surface area contributed by atoms with Crippen molar-refractivity contribution >= 4 is 11.0 Å². The Hall–Kier alpha value is -3.40. The van der Waals surface area contributed by atoms with E-state index in [9.17, 15) is 0 Å². The number of aromatic nitrogens is 2. The first-order chi connectivity index (χ1) is 12.8. The number of methoxy groups -OCH3 is 2. The molecule has 0 bridgehead atoms. The van der Waals surface area contributed by atoms with Crippen molar-refractivity contribution in [1.29, 1.82) is 0 Å². The van der Waals surface area contributed by atoms with Crippen molar-refractivity contribution in [3.05, 3.63) is 72.8 Å². The largest absolute Gasteiger partial charge is 0.497 e. The third-order valence-electron chi connectivity index (χ3n) is 4.28. The van der Waals surface area contributed by atoms with E-state index in [4.69, 9.17) is 19.4 Å². The number of fused-ring (bicyclic) bond motifs is 1. The number of hydrogen-bond acceptors (Lipinski definition) is 4. The Morgan fingerprint density at radius 3 is 1.96 bits per heavy atom. The maximum absolute atomic E-state index is 5.58. The molecule has 4 rings (SSSR count). The summed E-state index contributed by atoms with van der Waals surface area (Å²) in [6.07, 6.45) is 0. The molecule has 0 radical (unpaired) electrons. The highest BCUT2D eigenvalue weighted by Crippen LogP contribution is 2.38. The zero-order valence-corrected chi connectivity index (χ0v) is 14.6. The molecule has 0 aliphatic heterocycles. The van der Waals surface area contributed by atoms with E-state index in [2.05, 4.69) is 0 Å². The van der Waals surface area contributed by atoms with Gasteiger partial charge in [-0.15, -0.1) is 0 Å². The van der Waals surface area contributed by atoms with Gasteiger partial charge in [-0.2, -0.15) is 0 Å². The first kappa shape index (κ1) is 16.1. The lowest BCUT2D eigenvalue weighted by molar-refractivity contribution is 0.404. The molecule has 1 heterocycles. The molecule has 0 amide bonds. The lowest BCUT2D eigenvalue weighted by Gasteiger charge is -2.14. The van der Waals surface area contributed by atoms with Crippen molar-refractivity contribution in [1.82, 2.24) is 9.97 Å². The Labute approximate surface area is 152 Å². The van der Waals surface area contributed by atoms with E-state index >= 15 is 0 Å². The van der Waals surface area contributed by atoms with Crippen LogP contribution in [0.4, 0.5) is 0 Å². The molecule has 128 valence electrons. The molecule has 0 unspecified atom stereocenters. The van der Waals surface area contributed by atoms with Crippen molar-refractivity contribution in [2.24, 2.45) is 0 Å².